The first-order valence-corrected chi connectivity index (χ1v) is 5.10. The van der Waals surface area contributed by atoms with Gasteiger partial charge in [-0.1, -0.05) is 0 Å². The van der Waals surface area contributed by atoms with Crippen LogP contribution in [0.1, 0.15) is 17.4 Å². The van der Waals surface area contributed by atoms with Gasteiger partial charge in [-0.15, -0.1) is 0 Å². The van der Waals surface area contributed by atoms with Crippen molar-refractivity contribution in [1.29, 1.82) is 0 Å². The molecule has 2 aromatic rings. The number of benzene rings is 1. The van der Waals surface area contributed by atoms with E-state index < -0.39 is 12.0 Å². The number of rotatable bonds is 3. The number of carboxylic acid groups (broad SMARTS) is 1. The van der Waals surface area contributed by atoms with Crippen LogP contribution < -0.4 is 10.5 Å². The molecule has 0 radical (unpaired) electrons. The van der Waals surface area contributed by atoms with Gasteiger partial charge in [-0.05, 0) is 25.1 Å². The SMILES string of the molecule is COc1ccc2oc(C)c(C(N)C(=O)O)c2c1. The van der Waals surface area contributed by atoms with Gasteiger partial charge in [0.25, 0.3) is 0 Å². The molecule has 0 bridgehead atoms. The van der Waals surface area contributed by atoms with Crippen LogP contribution in [0.15, 0.2) is 22.6 Å². The van der Waals surface area contributed by atoms with Crippen molar-refractivity contribution < 1.29 is 19.1 Å². The third-order valence-electron chi connectivity index (χ3n) is 2.70. The number of aryl methyl sites for hydroxylation is 1. The number of methoxy groups -OCH3 is 1. The molecule has 1 aromatic heterocycles. The van der Waals surface area contributed by atoms with Crippen molar-refractivity contribution in [2.45, 2.75) is 13.0 Å². The Kier molecular flexibility index (Phi) is 2.77. The van der Waals surface area contributed by atoms with Crippen LogP contribution in [-0.2, 0) is 4.79 Å². The van der Waals surface area contributed by atoms with Crippen molar-refractivity contribution >= 4 is 16.9 Å². The van der Waals surface area contributed by atoms with Crippen molar-refractivity contribution in [2.24, 2.45) is 5.73 Å². The number of ether oxygens (including phenoxy) is 1. The lowest BCUT2D eigenvalue weighted by molar-refractivity contribution is -0.138. The Morgan fingerprint density at radius 1 is 1.53 bits per heavy atom. The molecule has 1 aromatic carbocycles. The highest BCUT2D eigenvalue weighted by Crippen LogP contribution is 2.32. The molecule has 1 unspecified atom stereocenters. The number of carboxylic acids is 1. The zero-order valence-corrected chi connectivity index (χ0v) is 9.56. The fourth-order valence-corrected chi connectivity index (χ4v) is 1.86. The minimum Gasteiger partial charge on any atom is -0.497 e. The highest BCUT2D eigenvalue weighted by atomic mass is 16.5. The third kappa shape index (κ3) is 1.85. The van der Waals surface area contributed by atoms with Crippen molar-refractivity contribution in [2.75, 3.05) is 7.11 Å². The molecule has 1 heterocycles. The number of hydrogen-bond acceptors (Lipinski definition) is 4. The first-order valence-electron chi connectivity index (χ1n) is 5.10. The quantitative estimate of drug-likeness (QED) is 0.847. The molecule has 0 saturated carbocycles. The molecule has 1 atom stereocenters. The van der Waals surface area contributed by atoms with E-state index >= 15 is 0 Å². The summed E-state index contributed by atoms with van der Waals surface area (Å²) in [4.78, 5) is 11.0. The number of fused-ring (bicyclic) bond motifs is 1. The fraction of sp³-hybridized carbons (Fsp3) is 0.250. The minimum absolute atomic E-state index is 0.492. The van der Waals surface area contributed by atoms with Crippen LogP contribution in [0.5, 0.6) is 5.75 Å². The maximum atomic E-state index is 11.0. The topological polar surface area (TPSA) is 85.7 Å². The van der Waals surface area contributed by atoms with Crippen LogP contribution >= 0.6 is 0 Å². The van der Waals surface area contributed by atoms with Gasteiger partial charge in [0.1, 0.15) is 23.1 Å². The second-order valence-electron chi connectivity index (χ2n) is 3.75. The van der Waals surface area contributed by atoms with E-state index in [1.54, 1.807) is 32.2 Å². The second kappa shape index (κ2) is 4.10. The van der Waals surface area contributed by atoms with Crippen LogP contribution in [-0.4, -0.2) is 18.2 Å². The predicted octanol–water partition coefficient (Wildman–Crippen LogP) is 1.83. The Morgan fingerprint density at radius 3 is 2.82 bits per heavy atom. The summed E-state index contributed by atoms with van der Waals surface area (Å²) < 4.78 is 10.6. The first-order chi connectivity index (χ1) is 8.04. The predicted molar refractivity (Wildman–Crippen MR) is 62.1 cm³/mol. The summed E-state index contributed by atoms with van der Waals surface area (Å²) in [6.07, 6.45) is 0. The minimum atomic E-state index is -1.09. The number of furan rings is 1. The Labute approximate surface area is 97.8 Å². The summed E-state index contributed by atoms with van der Waals surface area (Å²) in [5.41, 5.74) is 6.74. The van der Waals surface area contributed by atoms with Gasteiger partial charge < -0.3 is 20.0 Å². The summed E-state index contributed by atoms with van der Waals surface area (Å²) in [5, 5.41) is 9.64. The van der Waals surface area contributed by atoms with Crippen molar-refractivity contribution in [3.8, 4) is 5.75 Å². The smallest absolute Gasteiger partial charge is 0.325 e. The number of hydrogen-bond donors (Lipinski definition) is 2. The molecule has 2 rings (SSSR count). The second-order valence-corrected chi connectivity index (χ2v) is 3.75. The molecular weight excluding hydrogens is 222 g/mol. The maximum absolute atomic E-state index is 11.0. The van der Waals surface area contributed by atoms with Crippen molar-refractivity contribution in [1.82, 2.24) is 0 Å². The van der Waals surface area contributed by atoms with Gasteiger partial charge in [0, 0.05) is 10.9 Å². The van der Waals surface area contributed by atoms with E-state index in [1.807, 2.05) is 0 Å². The highest BCUT2D eigenvalue weighted by Gasteiger charge is 2.23. The molecule has 0 saturated heterocycles. The largest absolute Gasteiger partial charge is 0.497 e. The zero-order chi connectivity index (χ0) is 12.6. The summed E-state index contributed by atoms with van der Waals surface area (Å²) >= 11 is 0. The van der Waals surface area contributed by atoms with Gasteiger partial charge >= 0.3 is 5.97 Å². The monoisotopic (exact) mass is 235 g/mol. The third-order valence-corrected chi connectivity index (χ3v) is 2.70. The lowest BCUT2D eigenvalue weighted by Gasteiger charge is -2.06. The van der Waals surface area contributed by atoms with Crippen molar-refractivity contribution in [3.05, 3.63) is 29.5 Å². The summed E-state index contributed by atoms with van der Waals surface area (Å²) in [6, 6.07) is 4.12. The molecule has 0 spiro atoms. The average molecular weight is 235 g/mol. The average Bonchev–Trinajstić information content (AvgIpc) is 2.62. The number of nitrogens with two attached hydrogens (primary N) is 1. The summed E-state index contributed by atoms with van der Waals surface area (Å²) in [6.45, 7) is 1.70. The first kappa shape index (κ1) is 11.5. The van der Waals surface area contributed by atoms with E-state index in [4.69, 9.17) is 20.0 Å². The van der Waals surface area contributed by atoms with Crippen LogP contribution in [0.4, 0.5) is 0 Å². The lowest BCUT2D eigenvalue weighted by Crippen LogP contribution is -2.21. The highest BCUT2D eigenvalue weighted by molar-refractivity contribution is 5.89. The zero-order valence-electron chi connectivity index (χ0n) is 9.56. The molecule has 0 aliphatic heterocycles. The van der Waals surface area contributed by atoms with E-state index in [1.165, 1.54) is 0 Å². The van der Waals surface area contributed by atoms with Gasteiger partial charge in [-0.2, -0.15) is 0 Å². The molecule has 0 amide bonds. The van der Waals surface area contributed by atoms with Gasteiger partial charge in [0.15, 0.2) is 0 Å². The van der Waals surface area contributed by atoms with E-state index in [-0.39, 0.29) is 0 Å². The lowest BCUT2D eigenvalue weighted by atomic mass is 10.0. The molecule has 3 N–H and O–H groups in total. The molecule has 5 heteroatoms. The standard InChI is InChI=1S/C12H13NO4/c1-6-10(11(13)12(14)15)8-5-7(16-2)3-4-9(8)17-6/h3-5,11H,13H2,1-2H3,(H,14,15). The van der Waals surface area contributed by atoms with Crippen LogP contribution in [0.3, 0.4) is 0 Å². The molecular formula is C12H13NO4. The fourth-order valence-electron chi connectivity index (χ4n) is 1.86. The van der Waals surface area contributed by atoms with Crippen LogP contribution in [0.25, 0.3) is 11.0 Å². The van der Waals surface area contributed by atoms with E-state index in [0.717, 1.165) is 0 Å². The Bertz CT molecular complexity index is 573. The molecule has 0 aliphatic carbocycles. The molecule has 0 fully saturated rings. The molecule has 17 heavy (non-hydrogen) atoms. The maximum Gasteiger partial charge on any atom is 0.325 e. The molecule has 90 valence electrons. The molecule has 0 aliphatic rings. The van der Waals surface area contributed by atoms with Gasteiger partial charge in [-0.25, -0.2) is 0 Å². The Hall–Kier alpha value is -2.01. The van der Waals surface area contributed by atoms with Crippen molar-refractivity contribution in [3.63, 3.8) is 0 Å². The number of aliphatic carboxylic acids is 1. The normalized spacial score (nSPS) is 12.6. The van der Waals surface area contributed by atoms with Crippen LogP contribution in [0.2, 0.25) is 0 Å². The Morgan fingerprint density at radius 2 is 2.24 bits per heavy atom. The van der Waals surface area contributed by atoms with E-state index in [0.29, 0.717) is 28.0 Å². The van der Waals surface area contributed by atoms with E-state index in [9.17, 15) is 4.79 Å². The Balaban J connectivity index is 2.68. The van der Waals surface area contributed by atoms with Gasteiger partial charge in [0.2, 0.25) is 0 Å². The van der Waals surface area contributed by atoms with E-state index in [2.05, 4.69) is 0 Å². The van der Waals surface area contributed by atoms with Gasteiger partial charge in [-0.3, -0.25) is 4.79 Å². The van der Waals surface area contributed by atoms with Gasteiger partial charge in [0.05, 0.1) is 7.11 Å². The summed E-state index contributed by atoms with van der Waals surface area (Å²) in [5.74, 6) is 0.0684. The van der Waals surface area contributed by atoms with Crippen LogP contribution in [0, 0.1) is 6.92 Å². The molecule has 5 nitrogen and oxygen atoms in total. The number of carbonyl (C=O) groups is 1. The summed E-state index contributed by atoms with van der Waals surface area (Å²) in [7, 11) is 1.55.